The average molecular weight is 435 g/mol. The molecule has 0 radical (unpaired) electrons. The molecule has 31 heavy (non-hydrogen) atoms. The highest BCUT2D eigenvalue weighted by Gasteiger charge is 2.46. The number of aromatic nitrogens is 2. The molecule has 172 valence electrons. The SMILES string of the molecule is COCCNC(=O)c1nc(CN)cc(N2C(C(=O)NCCOC)CC3CCCCC32)n1. The number of carbonyl (C=O) groups excluding carboxylic acids is 2. The van der Waals surface area contributed by atoms with E-state index in [9.17, 15) is 9.59 Å². The molecule has 10 nitrogen and oxygen atoms in total. The summed E-state index contributed by atoms with van der Waals surface area (Å²) in [5, 5.41) is 5.72. The summed E-state index contributed by atoms with van der Waals surface area (Å²) in [6, 6.07) is 1.69. The number of hydrogen-bond donors (Lipinski definition) is 3. The first-order chi connectivity index (χ1) is 15.1. The molecule has 1 aromatic heterocycles. The van der Waals surface area contributed by atoms with Crippen molar-refractivity contribution < 1.29 is 19.1 Å². The van der Waals surface area contributed by atoms with Gasteiger partial charge in [-0.05, 0) is 25.2 Å². The highest BCUT2D eigenvalue weighted by Crippen LogP contribution is 2.42. The zero-order chi connectivity index (χ0) is 22.2. The second kappa shape index (κ2) is 11.4. The minimum Gasteiger partial charge on any atom is -0.383 e. The summed E-state index contributed by atoms with van der Waals surface area (Å²) in [7, 11) is 3.18. The average Bonchev–Trinajstić information content (AvgIpc) is 3.18. The smallest absolute Gasteiger partial charge is 0.289 e. The third-order valence-corrected chi connectivity index (χ3v) is 6.03. The van der Waals surface area contributed by atoms with Gasteiger partial charge in [-0.2, -0.15) is 0 Å². The van der Waals surface area contributed by atoms with Crippen LogP contribution in [0.1, 0.15) is 48.4 Å². The second-order valence-corrected chi connectivity index (χ2v) is 8.05. The Labute approximate surface area is 183 Å². The van der Waals surface area contributed by atoms with Crippen LogP contribution in [0, 0.1) is 5.92 Å². The van der Waals surface area contributed by atoms with E-state index in [4.69, 9.17) is 15.2 Å². The molecule has 2 aliphatic rings. The van der Waals surface area contributed by atoms with Crippen molar-refractivity contribution in [3.8, 4) is 0 Å². The van der Waals surface area contributed by atoms with Crippen molar-refractivity contribution in [3.63, 3.8) is 0 Å². The lowest BCUT2D eigenvalue weighted by atomic mass is 9.84. The molecule has 2 amide bonds. The van der Waals surface area contributed by atoms with Crippen LogP contribution in [0.3, 0.4) is 0 Å². The summed E-state index contributed by atoms with van der Waals surface area (Å²) in [6.45, 7) is 1.86. The maximum Gasteiger partial charge on any atom is 0.289 e. The van der Waals surface area contributed by atoms with E-state index < -0.39 is 0 Å². The molecule has 0 aromatic carbocycles. The summed E-state index contributed by atoms with van der Waals surface area (Å²) >= 11 is 0. The monoisotopic (exact) mass is 434 g/mol. The van der Waals surface area contributed by atoms with Crippen LogP contribution >= 0.6 is 0 Å². The van der Waals surface area contributed by atoms with Gasteiger partial charge in [0.05, 0.1) is 18.9 Å². The largest absolute Gasteiger partial charge is 0.383 e. The van der Waals surface area contributed by atoms with Gasteiger partial charge in [-0.3, -0.25) is 9.59 Å². The van der Waals surface area contributed by atoms with E-state index in [0.717, 1.165) is 25.7 Å². The first-order valence-corrected chi connectivity index (χ1v) is 11.0. The Bertz CT molecular complexity index is 761. The Kier molecular flexibility index (Phi) is 8.56. The molecule has 1 aliphatic carbocycles. The second-order valence-electron chi connectivity index (χ2n) is 8.05. The lowest BCUT2D eigenvalue weighted by Crippen LogP contribution is -2.48. The predicted molar refractivity (Wildman–Crippen MR) is 116 cm³/mol. The van der Waals surface area contributed by atoms with E-state index in [0.29, 0.717) is 43.7 Å². The number of nitrogens with two attached hydrogens (primary N) is 1. The number of nitrogens with zero attached hydrogens (tertiary/aromatic N) is 3. The van der Waals surface area contributed by atoms with Crippen LogP contribution < -0.4 is 21.3 Å². The number of amides is 2. The molecule has 10 heteroatoms. The van der Waals surface area contributed by atoms with Crippen molar-refractivity contribution in [2.24, 2.45) is 11.7 Å². The van der Waals surface area contributed by atoms with E-state index in [1.54, 1.807) is 20.3 Å². The van der Waals surface area contributed by atoms with Gasteiger partial charge < -0.3 is 30.7 Å². The number of methoxy groups -OCH3 is 2. The van der Waals surface area contributed by atoms with Crippen LogP contribution in [0.4, 0.5) is 5.82 Å². The summed E-state index contributed by atoms with van der Waals surface area (Å²) in [6.07, 6.45) is 5.18. The Morgan fingerprint density at radius 2 is 1.84 bits per heavy atom. The maximum absolute atomic E-state index is 13.0. The standard InChI is InChI=1S/C21H34N6O4/c1-30-9-7-23-20(28)17-11-14-5-3-4-6-16(14)27(17)18-12-15(13-22)25-19(26-18)21(29)24-8-10-31-2/h12,14,16-17H,3-11,13,22H2,1-2H3,(H,23,28)(H,24,29). The molecule has 4 N–H and O–H groups in total. The summed E-state index contributed by atoms with van der Waals surface area (Å²) in [4.78, 5) is 36.6. The lowest BCUT2D eigenvalue weighted by Gasteiger charge is -2.34. The third kappa shape index (κ3) is 5.69. The summed E-state index contributed by atoms with van der Waals surface area (Å²) in [5.41, 5.74) is 6.43. The number of fused-ring (bicyclic) bond motifs is 1. The van der Waals surface area contributed by atoms with Gasteiger partial charge in [-0.1, -0.05) is 12.8 Å². The van der Waals surface area contributed by atoms with Crippen LogP contribution in [0.2, 0.25) is 0 Å². The highest BCUT2D eigenvalue weighted by molar-refractivity contribution is 5.91. The van der Waals surface area contributed by atoms with E-state index in [1.807, 2.05) is 0 Å². The third-order valence-electron chi connectivity index (χ3n) is 6.03. The molecular formula is C21H34N6O4. The topological polar surface area (TPSA) is 132 Å². The molecule has 3 atom stereocenters. The van der Waals surface area contributed by atoms with Crippen LogP contribution in [0.5, 0.6) is 0 Å². The molecule has 0 bridgehead atoms. The molecule has 2 heterocycles. The van der Waals surface area contributed by atoms with Gasteiger partial charge in [0.1, 0.15) is 11.9 Å². The Morgan fingerprint density at radius 3 is 2.55 bits per heavy atom. The molecule has 1 aromatic rings. The Hall–Kier alpha value is -2.30. The van der Waals surface area contributed by atoms with Crippen molar-refractivity contribution >= 4 is 17.6 Å². The van der Waals surface area contributed by atoms with Gasteiger partial charge in [0.2, 0.25) is 11.7 Å². The first-order valence-electron chi connectivity index (χ1n) is 11.0. The van der Waals surface area contributed by atoms with Gasteiger partial charge in [0, 0.05) is 46.0 Å². The first kappa shape index (κ1) is 23.4. The van der Waals surface area contributed by atoms with Crippen LogP contribution in [0.15, 0.2) is 6.07 Å². The minimum absolute atomic E-state index is 0.0366. The maximum atomic E-state index is 13.0. The number of carbonyl (C=O) groups is 2. The van der Waals surface area contributed by atoms with Gasteiger partial charge in [-0.25, -0.2) is 9.97 Å². The quantitative estimate of drug-likeness (QED) is 0.446. The van der Waals surface area contributed by atoms with E-state index in [2.05, 4.69) is 25.5 Å². The zero-order valence-electron chi connectivity index (χ0n) is 18.4. The normalized spacial score (nSPS) is 22.8. The van der Waals surface area contributed by atoms with Crippen molar-refractivity contribution in [3.05, 3.63) is 17.6 Å². The number of ether oxygens (including phenoxy) is 2. The fourth-order valence-corrected chi connectivity index (χ4v) is 4.58. The molecule has 0 spiro atoms. The number of rotatable bonds is 10. The number of hydrogen-bond acceptors (Lipinski definition) is 8. The van der Waals surface area contributed by atoms with E-state index >= 15 is 0 Å². The number of anilines is 1. The van der Waals surface area contributed by atoms with Crippen molar-refractivity contribution in [2.45, 2.75) is 50.7 Å². The zero-order valence-corrected chi connectivity index (χ0v) is 18.4. The predicted octanol–water partition coefficient (Wildman–Crippen LogP) is 0.212. The van der Waals surface area contributed by atoms with Crippen LogP contribution in [0.25, 0.3) is 0 Å². The lowest BCUT2D eigenvalue weighted by molar-refractivity contribution is -0.122. The molecule has 1 saturated carbocycles. The van der Waals surface area contributed by atoms with E-state index in [1.165, 1.54) is 6.42 Å². The highest BCUT2D eigenvalue weighted by atomic mass is 16.5. The molecule has 2 fully saturated rings. The molecular weight excluding hydrogens is 400 g/mol. The summed E-state index contributed by atoms with van der Waals surface area (Å²) < 4.78 is 10.0. The van der Waals surface area contributed by atoms with Gasteiger partial charge >= 0.3 is 0 Å². The van der Waals surface area contributed by atoms with Gasteiger partial charge in [0.15, 0.2) is 0 Å². The van der Waals surface area contributed by atoms with Gasteiger partial charge in [0.25, 0.3) is 5.91 Å². The van der Waals surface area contributed by atoms with Gasteiger partial charge in [-0.15, -0.1) is 0 Å². The minimum atomic E-state index is -0.380. The fourth-order valence-electron chi connectivity index (χ4n) is 4.58. The van der Waals surface area contributed by atoms with Crippen molar-refractivity contribution in [2.75, 3.05) is 45.4 Å². The molecule has 3 rings (SSSR count). The number of nitrogens with one attached hydrogen (secondary N) is 2. The molecule has 3 unspecified atom stereocenters. The molecule has 1 saturated heterocycles. The van der Waals surface area contributed by atoms with Crippen molar-refractivity contribution in [1.29, 1.82) is 0 Å². The van der Waals surface area contributed by atoms with Crippen LogP contribution in [-0.2, 0) is 20.8 Å². The molecule has 1 aliphatic heterocycles. The van der Waals surface area contributed by atoms with E-state index in [-0.39, 0.29) is 36.3 Å². The fraction of sp³-hybridized carbons (Fsp3) is 0.714. The summed E-state index contributed by atoms with van der Waals surface area (Å²) in [5.74, 6) is 0.669. The van der Waals surface area contributed by atoms with Crippen LogP contribution in [-0.4, -0.2) is 74.4 Å². The van der Waals surface area contributed by atoms with Crippen molar-refractivity contribution in [1.82, 2.24) is 20.6 Å². The Morgan fingerprint density at radius 1 is 1.13 bits per heavy atom. The Balaban J connectivity index is 1.89.